The first-order valence-corrected chi connectivity index (χ1v) is 24.8. The standard InChI is InChI=1S/C25H45NO11.C25H47NO9.CH3B.CH4/c1-22(2,3)35-19(27)10-13-32-16-25(26(30)31,17-33-14-11-20(28)36-23(4,5)6)18-34-15-12-21(29)37-24(7,8)9;1-22(2,3)33-19(27)10-13-30-16-25(26,17-31-14-11-20(28)34-23(4,5)6)18-32-15-12-21(29)35-24(7,8)9;1-2;/h10-18H2,1-9H3;10-18,26H2,1-9H3;1H3;1H4. The van der Waals surface area contributed by atoms with Crippen molar-refractivity contribution in [1.82, 2.24) is 0 Å². The molecule has 0 saturated heterocycles. The molecule has 0 unspecified atom stereocenters. The Kier molecular flexibility index (Phi) is 38.2. The maximum Gasteiger partial charge on any atom is 0.308 e. The number of ether oxygens (including phenoxy) is 12. The van der Waals surface area contributed by atoms with Gasteiger partial charge in [0.1, 0.15) is 53.4 Å². The summed E-state index contributed by atoms with van der Waals surface area (Å²) in [5.74, 6) is -2.61. The first-order chi connectivity index (χ1) is 33.5. The molecule has 0 amide bonds. The summed E-state index contributed by atoms with van der Waals surface area (Å²) >= 11 is 0. The van der Waals surface area contributed by atoms with Crippen LogP contribution in [0.15, 0.2) is 0 Å². The molecule has 0 spiro atoms. The number of hydrogen-bond donors (Lipinski definition) is 1. The van der Waals surface area contributed by atoms with E-state index in [0.717, 1.165) is 0 Å². The van der Waals surface area contributed by atoms with Gasteiger partial charge in [0.25, 0.3) is 5.54 Å². The molecule has 0 atom stereocenters. The fraction of sp³-hybridized carbons (Fsp3) is 0.885. The van der Waals surface area contributed by atoms with Crippen molar-refractivity contribution in [3.63, 3.8) is 0 Å². The summed E-state index contributed by atoms with van der Waals surface area (Å²) in [6.07, 6.45) is -0.0523. The van der Waals surface area contributed by atoms with Crippen molar-refractivity contribution in [3.05, 3.63) is 10.1 Å². The zero-order valence-electron chi connectivity index (χ0n) is 48.5. The molecule has 0 bridgehead atoms. The molecule has 2 radical (unpaired) electrons. The van der Waals surface area contributed by atoms with Gasteiger partial charge in [0.15, 0.2) is 0 Å². The van der Waals surface area contributed by atoms with Crippen LogP contribution in [0.3, 0.4) is 0 Å². The van der Waals surface area contributed by atoms with Crippen molar-refractivity contribution in [1.29, 1.82) is 0 Å². The Morgan fingerprint density at radius 3 is 0.640 bits per heavy atom. The van der Waals surface area contributed by atoms with Crippen LogP contribution < -0.4 is 5.73 Å². The van der Waals surface area contributed by atoms with Gasteiger partial charge in [0, 0.05) is 4.92 Å². The number of carbonyl (C=O) groups is 6. The quantitative estimate of drug-likeness (QED) is 0.0182. The highest BCUT2D eigenvalue weighted by Gasteiger charge is 2.45. The van der Waals surface area contributed by atoms with E-state index in [2.05, 4.69) is 7.85 Å². The molecule has 2 N–H and O–H groups in total. The van der Waals surface area contributed by atoms with Crippen molar-refractivity contribution in [2.24, 2.45) is 5.73 Å². The Bertz CT molecular complexity index is 1470. The van der Waals surface area contributed by atoms with E-state index in [4.69, 9.17) is 62.6 Å². The van der Waals surface area contributed by atoms with Crippen LogP contribution in [0, 0.1) is 10.1 Å². The molecule has 22 nitrogen and oxygen atoms in total. The lowest BCUT2D eigenvalue weighted by atomic mass is 10.0. The Labute approximate surface area is 450 Å². The minimum Gasteiger partial charge on any atom is -0.460 e. The summed E-state index contributed by atoms with van der Waals surface area (Å²) < 4.78 is 64.5. The molecule has 0 rings (SSSR count). The van der Waals surface area contributed by atoms with Gasteiger partial charge in [-0.15, -0.1) is 0 Å². The van der Waals surface area contributed by atoms with E-state index in [1.165, 1.54) is 6.82 Å². The Morgan fingerprint density at radius 2 is 0.507 bits per heavy atom. The largest absolute Gasteiger partial charge is 0.460 e. The number of esters is 6. The van der Waals surface area contributed by atoms with Crippen LogP contribution in [0.4, 0.5) is 0 Å². The van der Waals surface area contributed by atoms with E-state index >= 15 is 0 Å². The third-order valence-electron chi connectivity index (χ3n) is 7.89. The molecule has 0 aliphatic heterocycles. The van der Waals surface area contributed by atoms with E-state index in [9.17, 15) is 38.9 Å². The lowest BCUT2D eigenvalue weighted by Gasteiger charge is -2.29. The van der Waals surface area contributed by atoms with Gasteiger partial charge in [-0.25, -0.2) is 0 Å². The lowest BCUT2D eigenvalue weighted by Crippen LogP contribution is -2.53. The number of rotatable bonds is 31. The zero-order chi connectivity index (χ0) is 58.3. The topological polar surface area (TPSA) is 282 Å². The van der Waals surface area contributed by atoms with Crippen molar-refractivity contribution in [2.45, 2.75) is 222 Å². The minimum absolute atomic E-state index is 0. The van der Waals surface area contributed by atoms with Gasteiger partial charge >= 0.3 is 35.8 Å². The van der Waals surface area contributed by atoms with Gasteiger partial charge < -0.3 is 62.6 Å². The summed E-state index contributed by atoms with van der Waals surface area (Å²) in [5.41, 5.74) is -0.162. The monoisotopic (exact) mass is 1080 g/mol. The Balaban J connectivity index is -0.000000643. The normalized spacial score (nSPS) is 12.3. The van der Waals surface area contributed by atoms with Crippen molar-refractivity contribution < 1.29 is 90.5 Å². The molecular weight excluding hydrogens is 983 g/mol. The molecule has 0 aliphatic rings. The van der Waals surface area contributed by atoms with E-state index in [1.54, 1.807) is 125 Å². The second-order valence-corrected chi connectivity index (χ2v) is 23.2. The number of nitro groups is 1. The van der Waals surface area contributed by atoms with Gasteiger partial charge in [-0.2, -0.15) is 0 Å². The average molecular weight is 1080 g/mol. The molecule has 0 aromatic rings. The maximum absolute atomic E-state index is 12.1. The van der Waals surface area contributed by atoms with E-state index in [0.29, 0.717) is 0 Å². The molecule has 0 aromatic carbocycles. The third-order valence-corrected chi connectivity index (χ3v) is 7.89. The van der Waals surface area contributed by atoms with Crippen molar-refractivity contribution in [2.75, 3.05) is 79.3 Å². The molecule has 440 valence electrons. The highest BCUT2D eigenvalue weighted by atomic mass is 16.7. The van der Waals surface area contributed by atoms with Crippen LogP contribution in [0.5, 0.6) is 0 Å². The molecule has 0 saturated carbocycles. The summed E-state index contributed by atoms with van der Waals surface area (Å²) in [5, 5.41) is 12.1. The highest BCUT2D eigenvalue weighted by molar-refractivity contribution is 6.05. The van der Waals surface area contributed by atoms with Crippen LogP contribution in [-0.2, 0) is 85.6 Å². The molecular formula is C52H99BN2O20. The number of hydrogen-bond acceptors (Lipinski definition) is 21. The predicted octanol–water partition coefficient (Wildman–Crippen LogP) is 7.02. The molecule has 0 aromatic heterocycles. The Morgan fingerprint density at radius 1 is 0.360 bits per heavy atom. The van der Waals surface area contributed by atoms with E-state index in [1.807, 2.05) is 0 Å². The summed E-state index contributed by atoms with van der Waals surface area (Å²) in [7, 11) is 4.50. The first kappa shape index (κ1) is 77.5. The second kappa shape index (κ2) is 36.9. The summed E-state index contributed by atoms with van der Waals surface area (Å²) in [6, 6.07) is 0. The average Bonchev–Trinajstić information content (AvgIpc) is 3.18. The summed E-state index contributed by atoms with van der Waals surface area (Å²) in [4.78, 5) is 82.7. The summed E-state index contributed by atoms with van der Waals surface area (Å²) in [6.45, 7) is 32.0. The van der Waals surface area contributed by atoms with Gasteiger partial charge in [-0.3, -0.25) is 38.9 Å². The SMILES string of the molecule is C.CC(C)(C)OC(=O)CCOCC(COCCC(=O)OC(C)(C)C)(COCCC(=O)OC(C)(C)C)[N+](=O)[O-].CC(C)(C)OC(=O)CCOCC(N)(COCCC(=O)OC(C)(C)C)COCCC(=O)OC(C)(C)C.[B]C. The smallest absolute Gasteiger partial charge is 0.308 e. The van der Waals surface area contributed by atoms with Gasteiger partial charge in [-0.1, -0.05) is 14.2 Å². The first-order valence-electron chi connectivity index (χ1n) is 24.8. The van der Waals surface area contributed by atoms with Crippen LogP contribution in [0.2, 0.25) is 6.82 Å². The van der Waals surface area contributed by atoms with Crippen LogP contribution in [0.1, 0.15) is 171 Å². The highest BCUT2D eigenvalue weighted by Crippen LogP contribution is 2.18. The van der Waals surface area contributed by atoms with Gasteiger partial charge in [0.2, 0.25) is 0 Å². The minimum atomic E-state index is -1.84. The number of nitrogens with zero attached hydrogens (tertiary/aromatic N) is 1. The van der Waals surface area contributed by atoms with Gasteiger partial charge in [-0.05, 0) is 125 Å². The number of nitrogens with two attached hydrogens (primary N) is 1. The maximum atomic E-state index is 12.1. The Hall–Kier alpha value is -4.00. The fourth-order valence-electron chi connectivity index (χ4n) is 5.31. The fourth-order valence-corrected chi connectivity index (χ4v) is 5.31. The van der Waals surface area contributed by atoms with E-state index < -0.39 is 87.3 Å². The van der Waals surface area contributed by atoms with Crippen LogP contribution >= 0.6 is 0 Å². The molecule has 0 heterocycles. The zero-order valence-corrected chi connectivity index (χ0v) is 48.5. The molecule has 0 fully saturated rings. The lowest BCUT2D eigenvalue weighted by molar-refractivity contribution is -0.583. The van der Waals surface area contributed by atoms with Gasteiger partial charge in [0.05, 0.1) is 111 Å². The molecule has 0 aliphatic carbocycles. The third kappa shape index (κ3) is 50.6. The number of carbonyl (C=O) groups excluding carboxylic acids is 6. The van der Waals surface area contributed by atoms with E-state index in [-0.39, 0.29) is 123 Å². The molecule has 75 heavy (non-hydrogen) atoms. The van der Waals surface area contributed by atoms with Crippen LogP contribution in [-0.4, -0.2) is 173 Å². The predicted molar refractivity (Wildman–Crippen MR) is 283 cm³/mol. The second-order valence-electron chi connectivity index (χ2n) is 23.2. The van der Waals surface area contributed by atoms with Crippen molar-refractivity contribution in [3.8, 4) is 0 Å². The van der Waals surface area contributed by atoms with Crippen LogP contribution in [0.25, 0.3) is 0 Å². The van der Waals surface area contributed by atoms with Crippen molar-refractivity contribution >= 4 is 43.7 Å². The molecule has 23 heteroatoms.